The fourth-order valence-corrected chi connectivity index (χ4v) is 1.36. The summed E-state index contributed by atoms with van der Waals surface area (Å²) < 4.78 is 5.04. The van der Waals surface area contributed by atoms with E-state index >= 15 is 0 Å². The number of hydrogen-bond acceptors (Lipinski definition) is 2. The molecule has 2 rings (SSSR count). The number of nitrogens with one attached hydrogen (secondary N) is 1. The zero-order chi connectivity index (χ0) is 11.8. The molecule has 82 valence electrons. The topological polar surface area (TPSA) is 46.0 Å². The van der Waals surface area contributed by atoms with Gasteiger partial charge >= 0.3 is 0 Å². The highest BCUT2D eigenvalue weighted by molar-refractivity contribution is 5.98. The summed E-state index contributed by atoms with van der Waals surface area (Å²) in [7, 11) is 0. The number of nitrogens with zero attached hydrogens (tertiary/aromatic N) is 1. The smallest absolute Gasteiger partial charge is 0.258 e. The zero-order valence-corrected chi connectivity index (χ0v) is 9.20. The Morgan fingerprint density at radius 1 is 1.62 bits per heavy atom. The Balaban J connectivity index is 2.14. The second kappa shape index (κ2) is 3.62. The summed E-state index contributed by atoms with van der Waals surface area (Å²) in [6.45, 7) is 11.0. The number of amides is 1. The van der Waals surface area contributed by atoms with Crippen molar-refractivity contribution in [1.29, 1.82) is 0 Å². The van der Waals surface area contributed by atoms with Crippen molar-refractivity contribution in [2.75, 3.05) is 11.9 Å². The van der Waals surface area contributed by atoms with Crippen LogP contribution in [0.5, 0.6) is 0 Å². The maximum absolute atomic E-state index is 11.7. The van der Waals surface area contributed by atoms with Crippen molar-refractivity contribution >= 4 is 17.3 Å². The van der Waals surface area contributed by atoms with Crippen molar-refractivity contribution in [2.45, 2.75) is 19.4 Å². The predicted octanol–water partition coefficient (Wildman–Crippen LogP) is 2.27. The minimum absolute atomic E-state index is 0.137. The lowest BCUT2D eigenvalue weighted by Crippen LogP contribution is -2.28. The highest BCUT2D eigenvalue weighted by atomic mass is 16.6. The van der Waals surface area contributed by atoms with Gasteiger partial charge in [-0.15, -0.1) is 0 Å². The van der Waals surface area contributed by atoms with Crippen LogP contribution < -0.4 is 5.32 Å². The molecule has 4 nitrogen and oxygen atoms in total. The molecule has 1 aromatic rings. The van der Waals surface area contributed by atoms with Gasteiger partial charge in [0.2, 0.25) is 0 Å². The normalized spacial score (nSPS) is 22.3. The SMILES string of the molecule is [C-]#[N+]c1ccc(NC(=O)[C@]2(C)CO2)cc1C. The van der Waals surface area contributed by atoms with Crippen LogP contribution in [0.2, 0.25) is 0 Å². The van der Waals surface area contributed by atoms with Gasteiger partial charge in [-0.3, -0.25) is 4.79 Å². The molecule has 1 N–H and O–H groups in total. The molecule has 1 saturated heterocycles. The third-order valence-electron chi connectivity index (χ3n) is 2.63. The first kappa shape index (κ1) is 10.7. The van der Waals surface area contributed by atoms with E-state index in [4.69, 9.17) is 11.3 Å². The van der Waals surface area contributed by atoms with Crippen molar-refractivity contribution in [1.82, 2.24) is 0 Å². The first-order chi connectivity index (χ1) is 7.55. The maximum Gasteiger partial charge on any atom is 0.258 e. The van der Waals surface area contributed by atoms with Gasteiger partial charge < -0.3 is 10.1 Å². The van der Waals surface area contributed by atoms with Gasteiger partial charge in [0.25, 0.3) is 5.91 Å². The predicted molar refractivity (Wildman–Crippen MR) is 60.4 cm³/mol. The van der Waals surface area contributed by atoms with Crippen LogP contribution >= 0.6 is 0 Å². The van der Waals surface area contributed by atoms with Crippen LogP contribution in [0.25, 0.3) is 4.85 Å². The standard InChI is InChI=1S/C12H12N2O2/c1-8-6-9(4-5-10(8)13-3)14-11(15)12(2)7-16-12/h4-6H,7H2,1-2H3,(H,14,15)/t12-/m0/s1. The van der Waals surface area contributed by atoms with Crippen LogP contribution in [0.15, 0.2) is 18.2 Å². The van der Waals surface area contributed by atoms with Crippen molar-refractivity contribution in [3.63, 3.8) is 0 Å². The maximum atomic E-state index is 11.7. The summed E-state index contributed by atoms with van der Waals surface area (Å²) in [5.74, 6) is -0.137. The Kier molecular flexibility index (Phi) is 2.41. The van der Waals surface area contributed by atoms with Crippen molar-refractivity contribution in [3.05, 3.63) is 35.2 Å². The first-order valence-corrected chi connectivity index (χ1v) is 4.99. The second-order valence-electron chi connectivity index (χ2n) is 4.09. The van der Waals surface area contributed by atoms with E-state index in [2.05, 4.69) is 10.2 Å². The van der Waals surface area contributed by atoms with Crippen LogP contribution in [0.4, 0.5) is 11.4 Å². The van der Waals surface area contributed by atoms with E-state index in [1.165, 1.54) is 0 Å². The molecule has 4 heteroatoms. The van der Waals surface area contributed by atoms with Gasteiger partial charge in [-0.2, -0.15) is 0 Å². The fourth-order valence-electron chi connectivity index (χ4n) is 1.36. The van der Waals surface area contributed by atoms with E-state index in [1.54, 1.807) is 25.1 Å². The van der Waals surface area contributed by atoms with Crippen molar-refractivity contribution in [2.24, 2.45) is 0 Å². The molecule has 1 aliphatic rings. The molecule has 0 bridgehead atoms. The molecule has 1 amide bonds. The minimum atomic E-state index is -0.660. The van der Waals surface area contributed by atoms with Crippen molar-refractivity contribution in [3.8, 4) is 0 Å². The van der Waals surface area contributed by atoms with E-state index in [0.29, 0.717) is 18.0 Å². The molecule has 1 fully saturated rings. The van der Waals surface area contributed by atoms with Gasteiger partial charge in [0.05, 0.1) is 13.2 Å². The van der Waals surface area contributed by atoms with Crippen LogP contribution in [-0.4, -0.2) is 18.1 Å². The van der Waals surface area contributed by atoms with E-state index in [1.807, 2.05) is 6.92 Å². The number of hydrogen-bond donors (Lipinski definition) is 1. The highest BCUT2D eigenvalue weighted by Gasteiger charge is 2.47. The molecule has 1 aliphatic heterocycles. The Bertz CT molecular complexity index is 484. The number of rotatable bonds is 2. The fraction of sp³-hybridized carbons (Fsp3) is 0.333. The summed E-state index contributed by atoms with van der Waals surface area (Å²) in [6, 6.07) is 5.22. The molecule has 16 heavy (non-hydrogen) atoms. The van der Waals surface area contributed by atoms with E-state index in [0.717, 1.165) is 5.56 Å². The molecular formula is C12H12N2O2. The zero-order valence-electron chi connectivity index (χ0n) is 9.20. The third kappa shape index (κ3) is 1.90. The molecule has 0 saturated carbocycles. The van der Waals surface area contributed by atoms with Crippen LogP contribution in [0.3, 0.4) is 0 Å². The van der Waals surface area contributed by atoms with Crippen molar-refractivity contribution < 1.29 is 9.53 Å². The third-order valence-corrected chi connectivity index (χ3v) is 2.63. The summed E-state index contributed by atoms with van der Waals surface area (Å²) >= 11 is 0. The summed E-state index contributed by atoms with van der Waals surface area (Å²) in [5, 5.41) is 2.77. The van der Waals surface area contributed by atoms with E-state index in [-0.39, 0.29) is 5.91 Å². The Morgan fingerprint density at radius 2 is 2.31 bits per heavy atom. The monoisotopic (exact) mass is 216 g/mol. The highest BCUT2D eigenvalue weighted by Crippen LogP contribution is 2.28. The number of epoxide rings is 1. The molecule has 1 heterocycles. The minimum Gasteiger partial charge on any atom is -0.359 e. The second-order valence-corrected chi connectivity index (χ2v) is 4.09. The number of carbonyl (C=O) groups excluding carboxylic acids is 1. The Labute approximate surface area is 94.0 Å². The number of ether oxygens (including phenoxy) is 1. The quantitative estimate of drug-likeness (QED) is 0.609. The van der Waals surface area contributed by atoms with E-state index in [9.17, 15) is 4.79 Å². The number of benzene rings is 1. The Hall–Kier alpha value is -1.86. The van der Waals surface area contributed by atoms with Gasteiger partial charge in [0.1, 0.15) is 0 Å². The summed E-state index contributed by atoms with van der Waals surface area (Å²) in [4.78, 5) is 15.0. The van der Waals surface area contributed by atoms with Crippen LogP contribution in [0.1, 0.15) is 12.5 Å². The molecular weight excluding hydrogens is 204 g/mol. The molecule has 0 unspecified atom stereocenters. The van der Waals surface area contributed by atoms with Gasteiger partial charge in [0.15, 0.2) is 11.3 Å². The average Bonchev–Trinajstić information content (AvgIpc) is 2.98. The molecule has 1 atom stereocenters. The van der Waals surface area contributed by atoms with Crippen LogP contribution in [-0.2, 0) is 9.53 Å². The van der Waals surface area contributed by atoms with Gasteiger partial charge in [0, 0.05) is 5.69 Å². The summed E-state index contributed by atoms with van der Waals surface area (Å²) in [5.41, 5.74) is 1.50. The van der Waals surface area contributed by atoms with Gasteiger partial charge in [-0.25, -0.2) is 4.85 Å². The lowest BCUT2D eigenvalue weighted by Gasteiger charge is -2.08. The molecule has 0 radical (unpaired) electrons. The van der Waals surface area contributed by atoms with Gasteiger partial charge in [-0.05, 0) is 31.5 Å². The first-order valence-electron chi connectivity index (χ1n) is 4.99. The largest absolute Gasteiger partial charge is 0.359 e. The van der Waals surface area contributed by atoms with Crippen LogP contribution in [0, 0.1) is 13.5 Å². The lowest BCUT2D eigenvalue weighted by atomic mass is 10.1. The molecule has 0 aromatic heterocycles. The number of anilines is 1. The van der Waals surface area contributed by atoms with E-state index < -0.39 is 5.60 Å². The number of aryl methyl sites for hydroxylation is 1. The molecule has 0 aliphatic carbocycles. The average molecular weight is 216 g/mol. The Morgan fingerprint density at radius 3 is 2.81 bits per heavy atom. The van der Waals surface area contributed by atoms with Gasteiger partial charge in [-0.1, -0.05) is 6.07 Å². The molecule has 1 aromatic carbocycles. The molecule has 0 spiro atoms. The lowest BCUT2D eigenvalue weighted by molar-refractivity contribution is -0.120. The summed E-state index contributed by atoms with van der Waals surface area (Å²) in [6.07, 6.45) is 0. The number of carbonyl (C=O) groups is 1.